The van der Waals surface area contributed by atoms with Crippen LogP contribution in [0, 0.1) is 0 Å². The van der Waals surface area contributed by atoms with E-state index >= 15 is 0 Å². The van der Waals surface area contributed by atoms with Crippen molar-refractivity contribution in [3.05, 3.63) is 11.8 Å². The van der Waals surface area contributed by atoms with Gasteiger partial charge in [-0.05, 0) is 45.4 Å². The predicted molar refractivity (Wildman–Crippen MR) is 70.5 cm³/mol. The summed E-state index contributed by atoms with van der Waals surface area (Å²) in [6.07, 6.45) is 7.35. The topological polar surface area (TPSA) is 33.7 Å². The van der Waals surface area contributed by atoms with Gasteiger partial charge in [0.1, 0.15) is 5.76 Å². The van der Waals surface area contributed by atoms with E-state index in [0.29, 0.717) is 6.04 Å². The maximum Gasteiger partial charge on any atom is 0.112 e. The van der Waals surface area contributed by atoms with Gasteiger partial charge in [0.2, 0.25) is 0 Å². The van der Waals surface area contributed by atoms with Gasteiger partial charge < -0.3 is 14.8 Å². The molecule has 0 aliphatic carbocycles. The summed E-state index contributed by atoms with van der Waals surface area (Å²) in [7, 11) is 2.00. The number of hydrogen-bond acceptors (Lipinski definition) is 4. The zero-order valence-electron chi connectivity index (χ0n) is 11.2. The van der Waals surface area contributed by atoms with Crippen LogP contribution in [-0.2, 0) is 9.47 Å². The first-order valence-corrected chi connectivity index (χ1v) is 7.24. The molecule has 3 heterocycles. The largest absolute Gasteiger partial charge is 0.496 e. The lowest BCUT2D eigenvalue weighted by atomic mass is 10.0. The van der Waals surface area contributed by atoms with Crippen LogP contribution in [0.3, 0.4) is 0 Å². The number of hydrogen-bond donors (Lipinski definition) is 1. The minimum Gasteiger partial charge on any atom is -0.496 e. The fourth-order valence-corrected chi connectivity index (χ4v) is 3.35. The summed E-state index contributed by atoms with van der Waals surface area (Å²) in [4.78, 5) is 2.59. The number of rotatable bonds is 3. The molecule has 0 aromatic rings. The third kappa shape index (κ3) is 2.42. The van der Waals surface area contributed by atoms with Crippen molar-refractivity contribution in [3.8, 4) is 0 Å². The highest BCUT2D eigenvalue weighted by Crippen LogP contribution is 2.26. The quantitative estimate of drug-likeness (QED) is 0.816. The Kier molecular flexibility index (Phi) is 3.87. The lowest BCUT2D eigenvalue weighted by Crippen LogP contribution is -2.54. The summed E-state index contributed by atoms with van der Waals surface area (Å²) >= 11 is 0. The van der Waals surface area contributed by atoms with Crippen LogP contribution < -0.4 is 5.32 Å². The van der Waals surface area contributed by atoms with Crippen molar-refractivity contribution < 1.29 is 9.47 Å². The molecule has 4 nitrogen and oxygen atoms in total. The van der Waals surface area contributed by atoms with Crippen molar-refractivity contribution in [1.29, 1.82) is 0 Å². The van der Waals surface area contributed by atoms with Gasteiger partial charge in [-0.15, -0.1) is 0 Å². The van der Waals surface area contributed by atoms with Crippen LogP contribution in [0.5, 0.6) is 0 Å². The Labute approximate surface area is 109 Å². The molecule has 0 aromatic heterocycles. The molecule has 2 saturated heterocycles. The summed E-state index contributed by atoms with van der Waals surface area (Å²) in [5.41, 5.74) is 0. The van der Waals surface area contributed by atoms with Gasteiger partial charge in [-0.1, -0.05) is 0 Å². The zero-order valence-corrected chi connectivity index (χ0v) is 11.2. The van der Waals surface area contributed by atoms with Crippen LogP contribution in [0.1, 0.15) is 25.7 Å². The summed E-state index contributed by atoms with van der Waals surface area (Å²) in [5, 5.41) is 3.38. The second kappa shape index (κ2) is 5.59. The maximum atomic E-state index is 6.07. The lowest BCUT2D eigenvalue weighted by Gasteiger charge is -2.39. The Morgan fingerprint density at radius 1 is 1.44 bits per heavy atom. The van der Waals surface area contributed by atoms with Crippen LogP contribution >= 0.6 is 0 Å². The van der Waals surface area contributed by atoms with Gasteiger partial charge in [-0.25, -0.2) is 0 Å². The Morgan fingerprint density at radius 2 is 2.39 bits per heavy atom. The van der Waals surface area contributed by atoms with Gasteiger partial charge in [-0.3, -0.25) is 4.90 Å². The number of likely N-dealkylation sites (N-methyl/N-ethyl adjacent to an activating group) is 1. The lowest BCUT2D eigenvalue weighted by molar-refractivity contribution is -0.0659. The van der Waals surface area contributed by atoms with Gasteiger partial charge in [0.15, 0.2) is 0 Å². The van der Waals surface area contributed by atoms with Gasteiger partial charge in [0, 0.05) is 12.6 Å². The van der Waals surface area contributed by atoms with Gasteiger partial charge in [0.25, 0.3) is 0 Å². The summed E-state index contributed by atoms with van der Waals surface area (Å²) < 4.78 is 11.9. The number of morpholine rings is 1. The van der Waals surface area contributed by atoms with E-state index in [1.54, 1.807) is 0 Å². The molecule has 18 heavy (non-hydrogen) atoms. The number of ether oxygens (including phenoxy) is 2. The molecule has 0 amide bonds. The fourth-order valence-electron chi connectivity index (χ4n) is 3.35. The van der Waals surface area contributed by atoms with Crippen molar-refractivity contribution in [1.82, 2.24) is 10.2 Å². The van der Waals surface area contributed by atoms with Crippen molar-refractivity contribution in [3.63, 3.8) is 0 Å². The summed E-state index contributed by atoms with van der Waals surface area (Å²) in [5.74, 6) is 1.09. The molecule has 3 atom stereocenters. The number of nitrogens with one attached hydrogen (secondary N) is 1. The zero-order chi connectivity index (χ0) is 12.4. The smallest absolute Gasteiger partial charge is 0.112 e. The molecule has 0 bridgehead atoms. The van der Waals surface area contributed by atoms with E-state index in [9.17, 15) is 0 Å². The molecule has 4 heteroatoms. The summed E-state index contributed by atoms with van der Waals surface area (Å²) in [6, 6.07) is 0.881. The Morgan fingerprint density at radius 3 is 3.17 bits per heavy atom. The monoisotopic (exact) mass is 252 g/mol. The van der Waals surface area contributed by atoms with Crippen molar-refractivity contribution in [2.45, 2.75) is 43.9 Å². The van der Waals surface area contributed by atoms with E-state index in [-0.39, 0.29) is 12.1 Å². The molecule has 3 rings (SSSR count). The number of fused-ring (bicyclic) bond motifs is 1. The minimum absolute atomic E-state index is 0.215. The van der Waals surface area contributed by atoms with Gasteiger partial charge >= 0.3 is 0 Å². The Balaban J connectivity index is 1.66. The second-order valence-corrected chi connectivity index (χ2v) is 5.53. The van der Waals surface area contributed by atoms with E-state index in [1.165, 1.54) is 19.4 Å². The maximum absolute atomic E-state index is 6.07. The molecule has 3 aliphatic rings. The van der Waals surface area contributed by atoms with Crippen molar-refractivity contribution in [2.24, 2.45) is 0 Å². The first-order chi connectivity index (χ1) is 8.88. The molecule has 1 N–H and O–H groups in total. The highest BCUT2D eigenvalue weighted by molar-refractivity contribution is 5.09. The van der Waals surface area contributed by atoms with E-state index in [4.69, 9.17) is 9.47 Å². The van der Waals surface area contributed by atoms with E-state index in [1.807, 2.05) is 7.05 Å². The first-order valence-electron chi connectivity index (χ1n) is 7.24. The van der Waals surface area contributed by atoms with Gasteiger partial charge in [-0.2, -0.15) is 0 Å². The van der Waals surface area contributed by atoms with Crippen LogP contribution in [0.25, 0.3) is 0 Å². The van der Waals surface area contributed by atoms with Crippen LogP contribution in [0.15, 0.2) is 11.8 Å². The van der Waals surface area contributed by atoms with E-state index in [0.717, 1.165) is 38.4 Å². The molecule has 0 radical (unpaired) electrons. The average Bonchev–Trinajstić information content (AvgIpc) is 2.88. The van der Waals surface area contributed by atoms with Crippen LogP contribution in [0.4, 0.5) is 0 Å². The summed E-state index contributed by atoms with van der Waals surface area (Å²) in [6.45, 7) is 4.01. The van der Waals surface area contributed by atoms with Crippen molar-refractivity contribution in [2.75, 3.05) is 33.4 Å². The average molecular weight is 252 g/mol. The number of nitrogens with zero attached hydrogens (tertiary/aromatic N) is 1. The number of allylic oxidation sites excluding steroid dienone is 1. The first kappa shape index (κ1) is 12.5. The molecule has 3 aliphatic heterocycles. The van der Waals surface area contributed by atoms with Crippen LogP contribution in [-0.4, -0.2) is 56.4 Å². The predicted octanol–water partition coefficient (Wildman–Crippen LogP) is 1.13. The molecule has 0 saturated carbocycles. The third-order valence-corrected chi connectivity index (χ3v) is 4.37. The highest BCUT2D eigenvalue weighted by atomic mass is 16.5. The Bertz CT molecular complexity index is 319. The molecule has 2 fully saturated rings. The normalized spacial score (nSPS) is 34.6. The van der Waals surface area contributed by atoms with Gasteiger partial charge in [0.05, 0.1) is 25.4 Å². The SMILES string of the molecule is CNC(C1=CCCCO1)C1CN2CCCC2CO1. The van der Waals surface area contributed by atoms with E-state index in [2.05, 4.69) is 16.3 Å². The molecule has 3 unspecified atom stereocenters. The molecular formula is C14H24N2O2. The highest BCUT2D eigenvalue weighted by Gasteiger charge is 2.37. The van der Waals surface area contributed by atoms with Crippen molar-refractivity contribution >= 4 is 0 Å². The van der Waals surface area contributed by atoms with Crippen LogP contribution in [0.2, 0.25) is 0 Å². The minimum atomic E-state index is 0.215. The standard InChI is InChI=1S/C14H24N2O2/c1-15-14(12-6-2-3-8-17-12)13-9-16-7-4-5-11(16)10-18-13/h6,11,13-15H,2-5,7-10H2,1H3. The van der Waals surface area contributed by atoms with E-state index < -0.39 is 0 Å². The molecule has 102 valence electrons. The Hall–Kier alpha value is -0.580. The molecule has 0 spiro atoms. The third-order valence-electron chi connectivity index (χ3n) is 4.37. The molecule has 0 aromatic carbocycles. The molecular weight excluding hydrogens is 228 g/mol. The second-order valence-electron chi connectivity index (χ2n) is 5.53. The fraction of sp³-hybridized carbons (Fsp3) is 0.857.